The van der Waals surface area contributed by atoms with Crippen LogP contribution in [0.15, 0.2) is 48.5 Å². The molecule has 0 radical (unpaired) electrons. The van der Waals surface area contributed by atoms with E-state index in [0.29, 0.717) is 22.4 Å². The lowest BCUT2D eigenvalue weighted by Crippen LogP contribution is -1.98. The van der Waals surface area contributed by atoms with Gasteiger partial charge in [0.1, 0.15) is 5.75 Å². The molecule has 0 fully saturated rings. The molecule has 102 valence electrons. The van der Waals surface area contributed by atoms with Gasteiger partial charge in [-0.2, -0.15) is 9.50 Å². The number of halogens is 1. The molecule has 0 saturated carbocycles. The summed E-state index contributed by atoms with van der Waals surface area (Å²) in [5.74, 6) is 1.32. The van der Waals surface area contributed by atoms with Gasteiger partial charge in [-0.25, -0.2) is 0 Å². The fourth-order valence-corrected chi connectivity index (χ4v) is 2.28. The van der Waals surface area contributed by atoms with Crippen LogP contribution in [-0.2, 0) is 0 Å². The third-order valence-electron chi connectivity index (χ3n) is 3.06. The Morgan fingerprint density at radius 1 is 1.00 bits per heavy atom. The van der Waals surface area contributed by atoms with Crippen molar-refractivity contribution >= 4 is 28.3 Å². The maximum absolute atomic E-state index is 6.12. The highest BCUT2D eigenvalue weighted by molar-refractivity contribution is 6.32. The van der Waals surface area contributed by atoms with Crippen LogP contribution in [0, 0.1) is 0 Å². The summed E-state index contributed by atoms with van der Waals surface area (Å²) in [5.41, 5.74) is 0.814. The van der Waals surface area contributed by atoms with Crippen molar-refractivity contribution in [2.24, 2.45) is 0 Å². The minimum absolute atomic E-state index is 0.371. The Hall–Kier alpha value is -2.73. The van der Waals surface area contributed by atoms with E-state index < -0.39 is 0 Å². The summed E-state index contributed by atoms with van der Waals surface area (Å²) < 4.78 is 7.41. The van der Waals surface area contributed by atoms with Gasteiger partial charge in [-0.3, -0.25) is 0 Å². The van der Waals surface area contributed by atoms with Crippen molar-refractivity contribution in [1.29, 1.82) is 0 Å². The molecule has 21 heavy (non-hydrogen) atoms. The Balaban J connectivity index is 1.96. The van der Waals surface area contributed by atoms with E-state index in [9.17, 15) is 0 Å². The monoisotopic (exact) mass is 297 g/mol. The van der Waals surface area contributed by atoms with Crippen LogP contribution in [0.25, 0.3) is 16.7 Å². The SMILES string of the molecule is Clc1ccccc1Oc1nc2nnnn2c2ccccc12. The zero-order chi connectivity index (χ0) is 14.2. The van der Waals surface area contributed by atoms with E-state index in [-0.39, 0.29) is 0 Å². The lowest BCUT2D eigenvalue weighted by molar-refractivity contribution is 0.469. The second-order valence-corrected chi connectivity index (χ2v) is 4.76. The molecule has 0 N–H and O–H groups in total. The summed E-state index contributed by atoms with van der Waals surface area (Å²) in [4.78, 5) is 4.35. The number of tetrazole rings is 1. The van der Waals surface area contributed by atoms with Crippen LogP contribution in [0.5, 0.6) is 11.6 Å². The Morgan fingerprint density at radius 2 is 1.81 bits per heavy atom. The lowest BCUT2D eigenvalue weighted by atomic mass is 10.2. The average Bonchev–Trinajstić information content (AvgIpc) is 2.98. The summed E-state index contributed by atoms with van der Waals surface area (Å²) >= 11 is 6.12. The third-order valence-corrected chi connectivity index (χ3v) is 3.37. The van der Waals surface area contributed by atoms with Gasteiger partial charge in [-0.15, -0.1) is 0 Å². The predicted molar refractivity (Wildman–Crippen MR) is 77.6 cm³/mol. The van der Waals surface area contributed by atoms with E-state index in [1.807, 2.05) is 36.4 Å². The van der Waals surface area contributed by atoms with Gasteiger partial charge in [0.2, 0.25) is 5.88 Å². The van der Waals surface area contributed by atoms with Crippen LogP contribution in [-0.4, -0.2) is 25.0 Å². The quantitative estimate of drug-likeness (QED) is 0.569. The van der Waals surface area contributed by atoms with Crippen molar-refractivity contribution in [2.45, 2.75) is 0 Å². The van der Waals surface area contributed by atoms with Gasteiger partial charge >= 0.3 is 0 Å². The van der Waals surface area contributed by atoms with Crippen molar-refractivity contribution in [3.8, 4) is 11.6 Å². The number of ether oxygens (including phenoxy) is 1. The molecular weight excluding hydrogens is 290 g/mol. The first-order chi connectivity index (χ1) is 10.3. The molecule has 4 rings (SSSR count). The van der Waals surface area contributed by atoms with Gasteiger partial charge in [-0.05, 0) is 34.7 Å². The number of benzene rings is 2. The third kappa shape index (κ3) is 1.96. The van der Waals surface area contributed by atoms with Gasteiger partial charge in [0, 0.05) is 0 Å². The molecule has 0 saturated heterocycles. The van der Waals surface area contributed by atoms with Crippen molar-refractivity contribution < 1.29 is 4.74 Å². The fraction of sp³-hybridized carbons (Fsp3) is 0. The molecule has 0 spiro atoms. The molecular formula is C14H8ClN5O. The standard InChI is InChI=1S/C14H8ClN5O/c15-10-6-2-4-8-12(10)21-13-9-5-1-3-7-11(9)20-14(16-13)17-18-19-20/h1-8H. The van der Waals surface area contributed by atoms with Crippen LogP contribution in [0.4, 0.5) is 0 Å². The molecule has 0 unspecified atom stereocenters. The highest BCUT2D eigenvalue weighted by atomic mass is 35.5. The summed E-state index contributed by atoms with van der Waals surface area (Å²) in [5, 5.41) is 12.8. The molecule has 0 bridgehead atoms. The van der Waals surface area contributed by atoms with Crippen LogP contribution >= 0.6 is 11.6 Å². The Morgan fingerprint density at radius 3 is 2.71 bits per heavy atom. The van der Waals surface area contributed by atoms with E-state index in [1.165, 1.54) is 0 Å². The molecule has 0 aliphatic heterocycles. The van der Waals surface area contributed by atoms with Crippen LogP contribution in [0.2, 0.25) is 5.02 Å². The molecule has 6 nitrogen and oxygen atoms in total. The highest BCUT2D eigenvalue weighted by Gasteiger charge is 2.13. The summed E-state index contributed by atoms with van der Waals surface area (Å²) in [7, 11) is 0. The number of fused-ring (bicyclic) bond motifs is 3. The summed E-state index contributed by atoms with van der Waals surface area (Å²) in [6, 6.07) is 14.8. The summed E-state index contributed by atoms with van der Waals surface area (Å²) in [6.07, 6.45) is 0. The first kappa shape index (κ1) is 12.0. The number of aromatic nitrogens is 5. The van der Waals surface area contributed by atoms with Gasteiger partial charge in [0.05, 0.1) is 15.9 Å². The topological polar surface area (TPSA) is 65.2 Å². The molecule has 2 aromatic carbocycles. The predicted octanol–water partition coefficient (Wildman–Crippen LogP) is 3.12. The molecule has 7 heteroatoms. The largest absolute Gasteiger partial charge is 0.437 e. The molecule has 0 amide bonds. The minimum Gasteiger partial charge on any atom is -0.437 e. The number of hydrogen-bond donors (Lipinski definition) is 0. The highest BCUT2D eigenvalue weighted by Crippen LogP contribution is 2.32. The zero-order valence-electron chi connectivity index (χ0n) is 10.6. The first-order valence-corrected chi connectivity index (χ1v) is 6.60. The van der Waals surface area contributed by atoms with Gasteiger partial charge in [-0.1, -0.05) is 41.0 Å². The van der Waals surface area contributed by atoms with Crippen LogP contribution in [0.1, 0.15) is 0 Å². The van der Waals surface area contributed by atoms with E-state index in [4.69, 9.17) is 16.3 Å². The second kappa shape index (κ2) is 4.68. The van der Waals surface area contributed by atoms with Crippen molar-refractivity contribution in [3.63, 3.8) is 0 Å². The average molecular weight is 298 g/mol. The van der Waals surface area contributed by atoms with Crippen LogP contribution < -0.4 is 4.74 Å². The molecule has 0 atom stereocenters. The molecule has 4 aromatic rings. The minimum atomic E-state index is 0.371. The molecule has 2 heterocycles. The smallest absolute Gasteiger partial charge is 0.277 e. The zero-order valence-corrected chi connectivity index (χ0v) is 11.4. The van der Waals surface area contributed by atoms with Crippen LogP contribution in [0.3, 0.4) is 0 Å². The number of hydrogen-bond acceptors (Lipinski definition) is 5. The van der Waals surface area contributed by atoms with E-state index in [0.717, 1.165) is 10.9 Å². The van der Waals surface area contributed by atoms with E-state index in [1.54, 1.807) is 16.6 Å². The van der Waals surface area contributed by atoms with Crippen molar-refractivity contribution in [2.75, 3.05) is 0 Å². The number of para-hydroxylation sites is 2. The molecule has 2 aromatic heterocycles. The number of nitrogens with zero attached hydrogens (tertiary/aromatic N) is 5. The van der Waals surface area contributed by atoms with Crippen molar-refractivity contribution in [1.82, 2.24) is 25.0 Å². The Labute approximate surface area is 123 Å². The van der Waals surface area contributed by atoms with E-state index in [2.05, 4.69) is 20.5 Å². The summed E-state index contributed by atoms with van der Waals surface area (Å²) in [6.45, 7) is 0. The van der Waals surface area contributed by atoms with Crippen molar-refractivity contribution in [3.05, 3.63) is 53.6 Å². The number of rotatable bonds is 2. The Bertz CT molecular complexity index is 952. The maximum Gasteiger partial charge on any atom is 0.277 e. The fourth-order valence-electron chi connectivity index (χ4n) is 2.11. The Kier molecular flexibility index (Phi) is 2.68. The lowest BCUT2D eigenvalue weighted by Gasteiger charge is -2.09. The normalized spacial score (nSPS) is 11.1. The molecule has 0 aliphatic rings. The van der Waals surface area contributed by atoms with Gasteiger partial charge < -0.3 is 4.74 Å². The van der Waals surface area contributed by atoms with Gasteiger partial charge in [0.15, 0.2) is 0 Å². The maximum atomic E-state index is 6.12. The second-order valence-electron chi connectivity index (χ2n) is 4.36. The van der Waals surface area contributed by atoms with Gasteiger partial charge in [0.25, 0.3) is 5.78 Å². The molecule has 0 aliphatic carbocycles. The van der Waals surface area contributed by atoms with E-state index >= 15 is 0 Å². The first-order valence-electron chi connectivity index (χ1n) is 6.22.